The van der Waals surface area contributed by atoms with Gasteiger partial charge in [0.25, 0.3) is 0 Å². The highest BCUT2D eigenvalue weighted by Crippen LogP contribution is 2.21. The maximum atomic E-state index is 5.27. The number of rotatable bonds is 6. The first-order valence-electron chi connectivity index (χ1n) is 9.55. The molecule has 2 heterocycles. The standard InChI is InChI=1S/C22H25N5O/c1-28-20-9-5-8-19(16-20)24-22-23-11-10-21(25-22)27-14-12-26(13-15-27)17-18-6-3-2-4-7-18/h2-11,16H,12-15,17H2,1H3,(H,23,24,25). The maximum Gasteiger partial charge on any atom is 0.229 e. The van der Waals surface area contributed by atoms with E-state index in [4.69, 9.17) is 9.72 Å². The maximum absolute atomic E-state index is 5.27. The van der Waals surface area contributed by atoms with Crippen molar-refractivity contribution in [3.63, 3.8) is 0 Å². The second kappa shape index (κ2) is 8.71. The third-order valence-electron chi connectivity index (χ3n) is 4.91. The first-order valence-corrected chi connectivity index (χ1v) is 9.55. The van der Waals surface area contributed by atoms with Crippen LogP contribution in [0, 0.1) is 0 Å². The summed E-state index contributed by atoms with van der Waals surface area (Å²) >= 11 is 0. The molecular formula is C22H25N5O. The molecule has 28 heavy (non-hydrogen) atoms. The van der Waals surface area contributed by atoms with Crippen LogP contribution < -0.4 is 15.0 Å². The third-order valence-corrected chi connectivity index (χ3v) is 4.91. The Morgan fingerprint density at radius 2 is 1.79 bits per heavy atom. The molecule has 1 aliphatic heterocycles. The van der Waals surface area contributed by atoms with Crippen molar-refractivity contribution in [3.8, 4) is 5.75 Å². The van der Waals surface area contributed by atoms with Crippen LogP contribution in [0.2, 0.25) is 0 Å². The molecule has 2 aromatic carbocycles. The van der Waals surface area contributed by atoms with Crippen LogP contribution in [0.3, 0.4) is 0 Å². The molecule has 0 aliphatic carbocycles. The SMILES string of the molecule is COc1cccc(Nc2nccc(N3CCN(Cc4ccccc4)CC3)n2)c1. The van der Waals surface area contributed by atoms with Gasteiger partial charge in [0.1, 0.15) is 11.6 Å². The van der Waals surface area contributed by atoms with Crippen LogP contribution in [0.4, 0.5) is 17.5 Å². The highest BCUT2D eigenvalue weighted by molar-refractivity contribution is 5.57. The first kappa shape index (κ1) is 18.3. The Bertz CT molecular complexity index is 894. The van der Waals surface area contributed by atoms with E-state index in [2.05, 4.69) is 50.4 Å². The Balaban J connectivity index is 1.37. The molecule has 0 unspecified atom stereocenters. The van der Waals surface area contributed by atoms with Crippen LogP contribution in [0.1, 0.15) is 5.56 Å². The largest absolute Gasteiger partial charge is 0.497 e. The molecule has 0 atom stereocenters. The van der Waals surface area contributed by atoms with Gasteiger partial charge < -0.3 is 15.0 Å². The van der Waals surface area contributed by atoms with Gasteiger partial charge in [-0.25, -0.2) is 4.98 Å². The summed E-state index contributed by atoms with van der Waals surface area (Å²) in [6.45, 7) is 4.97. The molecule has 1 aromatic heterocycles. The molecule has 6 nitrogen and oxygen atoms in total. The van der Waals surface area contributed by atoms with Crippen molar-refractivity contribution in [2.24, 2.45) is 0 Å². The van der Waals surface area contributed by atoms with Crippen molar-refractivity contribution >= 4 is 17.5 Å². The van der Waals surface area contributed by atoms with Gasteiger partial charge in [-0.1, -0.05) is 36.4 Å². The summed E-state index contributed by atoms with van der Waals surface area (Å²) in [4.78, 5) is 13.9. The molecule has 0 bridgehead atoms. The zero-order chi connectivity index (χ0) is 19.2. The highest BCUT2D eigenvalue weighted by atomic mass is 16.5. The van der Waals surface area contributed by atoms with E-state index >= 15 is 0 Å². The molecule has 0 radical (unpaired) electrons. The van der Waals surface area contributed by atoms with Crippen molar-refractivity contribution in [3.05, 3.63) is 72.4 Å². The van der Waals surface area contributed by atoms with Crippen LogP contribution in [0.5, 0.6) is 5.75 Å². The number of nitrogens with one attached hydrogen (secondary N) is 1. The van der Waals surface area contributed by atoms with E-state index in [0.717, 1.165) is 50.0 Å². The summed E-state index contributed by atoms with van der Waals surface area (Å²) in [7, 11) is 1.66. The fraction of sp³-hybridized carbons (Fsp3) is 0.273. The average Bonchev–Trinajstić information content (AvgIpc) is 2.75. The monoisotopic (exact) mass is 375 g/mol. The molecule has 0 spiro atoms. The normalized spacial score (nSPS) is 14.7. The second-order valence-electron chi connectivity index (χ2n) is 6.84. The number of ether oxygens (including phenoxy) is 1. The number of aromatic nitrogens is 2. The van der Waals surface area contributed by atoms with Crippen LogP contribution in [-0.2, 0) is 6.54 Å². The van der Waals surface area contributed by atoms with Crippen molar-refractivity contribution in [1.29, 1.82) is 0 Å². The van der Waals surface area contributed by atoms with Gasteiger partial charge in [0.2, 0.25) is 5.95 Å². The summed E-state index contributed by atoms with van der Waals surface area (Å²) < 4.78 is 5.27. The first-order chi connectivity index (χ1) is 13.8. The Hall–Kier alpha value is -3.12. The summed E-state index contributed by atoms with van der Waals surface area (Å²) in [5.74, 6) is 2.35. The van der Waals surface area contributed by atoms with Gasteiger partial charge in [0.15, 0.2) is 0 Å². The summed E-state index contributed by atoms with van der Waals surface area (Å²) in [5.41, 5.74) is 2.27. The minimum absolute atomic E-state index is 0.595. The van der Waals surface area contributed by atoms with E-state index in [-0.39, 0.29) is 0 Å². The lowest BCUT2D eigenvalue weighted by Gasteiger charge is -2.35. The lowest BCUT2D eigenvalue weighted by Crippen LogP contribution is -2.46. The van der Waals surface area contributed by atoms with Gasteiger partial charge in [-0.2, -0.15) is 4.98 Å². The lowest BCUT2D eigenvalue weighted by atomic mass is 10.2. The third kappa shape index (κ3) is 4.58. The van der Waals surface area contributed by atoms with Gasteiger partial charge in [-0.15, -0.1) is 0 Å². The lowest BCUT2D eigenvalue weighted by molar-refractivity contribution is 0.249. The van der Waals surface area contributed by atoms with E-state index in [1.54, 1.807) is 13.3 Å². The van der Waals surface area contributed by atoms with Crippen LogP contribution in [0.15, 0.2) is 66.9 Å². The van der Waals surface area contributed by atoms with Gasteiger partial charge in [-0.3, -0.25) is 4.90 Å². The van der Waals surface area contributed by atoms with E-state index in [1.165, 1.54) is 5.56 Å². The molecule has 4 rings (SSSR count). The number of benzene rings is 2. The number of hydrogen-bond acceptors (Lipinski definition) is 6. The predicted octanol–water partition coefficient (Wildman–Crippen LogP) is 3.55. The van der Waals surface area contributed by atoms with E-state index in [9.17, 15) is 0 Å². The minimum Gasteiger partial charge on any atom is -0.497 e. The number of nitrogens with zero attached hydrogens (tertiary/aromatic N) is 4. The van der Waals surface area contributed by atoms with Crippen LogP contribution >= 0.6 is 0 Å². The molecule has 0 amide bonds. The molecule has 1 N–H and O–H groups in total. The Kier molecular flexibility index (Phi) is 5.68. The molecule has 3 aromatic rings. The Morgan fingerprint density at radius 3 is 2.57 bits per heavy atom. The van der Waals surface area contributed by atoms with Crippen LogP contribution in [0.25, 0.3) is 0 Å². The second-order valence-corrected chi connectivity index (χ2v) is 6.84. The number of anilines is 3. The zero-order valence-electron chi connectivity index (χ0n) is 16.1. The summed E-state index contributed by atoms with van der Waals surface area (Å²) in [6.07, 6.45) is 1.81. The van der Waals surface area contributed by atoms with Gasteiger partial charge >= 0.3 is 0 Å². The topological polar surface area (TPSA) is 53.5 Å². The van der Waals surface area contributed by atoms with Gasteiger partial charge in [-0.05, 0) is 23.8 Å². The van der Waals surface area contributed by atoms with Crippen molar-refractivity contribution in [1.82, 2.24) is 14.9 Å². The van der Waals surface area contributed by atoms with Crippen LogP contribution in [-0.4, -0.2) is 48.2 Å². The van der Waals surface area contributed by atoms with E-state index in [1.807, 2.05) is 30.3 Å². The molecule has 1 saturated heterocycles. The van der Waals surface area contributed by atoms with Gasteiger partial charge in [0.05, 0.1) is 7.11 Å². The van der Waals surface area contributed by atoms with Gasteiger partial charge in [0, 0.05) is 50.7 Å². The summed E-state index contributed by atoms with van der Waals surface area (Å²) in [6, 6.07) is 20.4. The zero-order valence-corrected chi connectivity index (χ0v) is 16.1. The minimum atomic E-state index is 0.595. The number of hydrogen-bond donors (Lipinski definition) is 1. The molecule has 1 aliphatic rings. The molecule has 6 heteroatoms. The van der Waals surface area contributed by atoms with Crippen molar-refractivity contribution in [2.45, 2.75) is 6.54 Å². The quantitative estimate of drug-likeness (QED) is 0.711. The molecular weight excluding hydrogens is 350 g/mol. The summed E-state index contributed by atoms with van der Waals surface area (Å²) in [5, 5.41) is 3.26. The highest BCUT2D eigenvalue weighted by Gasteiger charge is 2.18. The predicted molar refractivity (Wildman–Crippen MR) is 112 cm³/mol. The number of piperazine rings is 1. The fourth-order valence-corrected chi connectivity index (χ4v) is 3.39. The smallest absolute Gasteiger partial charge is 0.229 e. The fourth-order valence-electron chi connectivity index (χ4n) is 3.39. The average molecular weight is 375 g/mol. The molecule has 144 valence electrons. The Labute approximate surface area is 165 Å². The van der Waals surface area contributed by atoms with Crippen molar-refractivity contribution < 1.29 is 4.74 Å². The van der Waals surface area contributed by atoms with E-state index < -0.39 is 0 Å². The molecule has 0 saturated carbocycles. The van der Waals surface area contributed by atoms with Crippen molar-refractivity contribution in [2.75, 3.05) is 43.5 Å². The Morgan fingerprint density at radius 1 is 0.964 bits per heavy atom. The number of methoxy groups -OCH3 is 1. The molecule has 1 fully saturated rings. The van der Waals surface area contributed by atoms with E-state index in [0.29, 0.717) is 5.95 Å².